The lowest BCUT2D eigenvalue weighted by Gasteiger charge is -2.41. The molecule has 3 nitrogen and oxygen atoms in total. The minimum atomic E-state index is -0.991. The van der Waals surface area contributed by atoms with Crippen LogP contribution in [0.4, 0.5) is 4.79 Å². The van der Waals surface area contributed by atoms with Crippen molar-refractivity contribution in [1.82, 2.24) is 4.90 Å². The van der Waals surface area contributed by atoms with Crippen LogP contribution in [0.2, 0.25) is 0 Å². The van der Waals surface area contributed by atoms with Gasteiger partial charge in [-0.2, -0.15) is 0 Å². The van der Waals surface area contributed by atoms with Crippen LogP contribution in [0.25, 0.3) is 6.08 Å². The van der Waals surface area contributed by atoms with Crippen molar-refractivity contribution < 1.29 is 9.53 Å². The summed E-state index contributed by atoms with van der Waals surface area (Å²) in [6, 6.07) is 27.6. The van der Waals surface area contributed by atoms with E-state index in [1.165, 1.54) is 7.11 Å². The number of carbonyl (C=O) groups is 1. The average Bonchev–Trinajstić information content (AvgIpc) is 2.78. The van der Waals surface area contributed by atoms with Crippen LogP contribution in [0.5, 0.6) is 0 Å². The standard InChI is InChI=1S/C25H19NO2/c1-28-24(27)26-19-17-21-12-8-9-15-23(21)25(26,22-13-6-3-7-14-22)18-16-20-10-4-2-5-11-20/h2-15,17,19H,1H3/t25-/m0/s1. The van der Waals surface area contributed by atoms with Crippen LogP contribution in [0, 0.1) is 11.8 Å². The second-order valence-corrected chi connectivity index (χ2v) is 6.44. The van der Waals surface area contributed by atoms with Gasteiger partial charge in [0.1, 0.15) is 0 Å². The maximum Gasteiger partial charge on any atom is 0.415 e. The minimum absolute atomic E-state index is 0.461. The molecule has 0 aromatic heterocycles. The highest BCUT2D eigenvalue weighted by molar-refractivity contribution is 5.78. The van der Waals surface area contributed by atoms with E-state index < -0.39 is 11.6 Å². The molecule has 0 bridgehead atoms. The molecule has 0 saturated heterocycles. The van der Waals surface area contributed by atoms with Crippen molar-refractivity contribution in [2.45, 2.75) is 5.54 Å². The Morgan fingerprint density at radius 2 is 1.54 bits per heavy atom. The lowest BCUT2D eigenvalue weighted by Crippen LogP contribution is -2.48. The number of nitrogens with zero attached hydrogens (tertiary/aromatic N) is 1. The van der Waals surface area contributed by atoms with Crippen molar-refractivity contribution in [1.29, 1.82) is 0 Å². The zero-order valence-electron chi connectivity index (χ0n) is 15.5. The van der Waals surface area contributed by atoms with Gasteiger partial charge in [-0.1, -0.05) is 84.6 Å². The first kappa shape index (κ1) is 17.6. The van der Waals surface area contributed by atoms with Crippen molar-refractivity contribution in [3.8, 4) is 11.8 Å². The van der Waals surface area contributed by atoms with Crippen molar-refractivity contribution in [3.63, 3.8) is 0 Å². The van der Waals surface area contributed by atoms with Gasteiger partial charge < -0.3 is 4.74 Å². The van der Waals surface area contributed by atoms with Crippen LogP contribution in [0.1, 0.15) is 22.3 Å². The molecule has 1 amide bonds. The van der Waals surface area contributed by atoms with Crippen molar-refractivity contribution in [2.24, 2.45) is 0 Å². The predicted molar refractivity (Wildman–Crippen MR) is 110 cm³/mol. The Kier molecular flexibility index (Phi) is 4.70. The van der Waals surface area contributed by atoms with E-state index in [2.05, 4.69) is 11.8 Å². The summed E-state index contributed by atoms with van der Waals surface area (Å²) < 4.78 is 5.10. The van der Waals surface area contributed by atoms with Crippen LogP contribution in [0.3, 0.4) is 0 Å². The summed E-state index contributed by atoms with van der Waals surface area (Å²) in [5, 5.41) is 0. The van der Waals surface area contributed by atoms with Crippen LogP contribution in [-0.4, -0.2) is 18.1 Å². The topological polar surface area (TPSA) is 29.5 Å². The first-order valence-corrected chi connectivity index (χ1v) is 9.04. The van der Waals surface area contributed by atoms with Crippen LogP contribution in [0.15, 0.2) is 91.1 Å². The molecule has 0 fully saturated rings. The molecule has 0 N–H and O–H groups in total. The van der Waals surface area contributed by atoms with Gasteiger partial charge in [0.05, 0.1) is 7.11 Å². The molecule has 1 aliphatic rings. The molecule has 28 heavy (non-hydrogen) atoms. The fraction of sp³-hybridized carbons (Fsp3) is 0.0800. The number of ether oxygens (including phenoxy) is 1. The molecule has 136 valence electrons. The van der Waals surface area contributed by atoms with Crippen LogP contribution < -0.4 is 0 Å². The maximum atomic E-state index is 12.8. The quantitative estimate of drug-likeness (QED) is 0.566. The van der Waals surface area contributed by atoms with Crippen molar-refractivity contribution in [3.05, 3.63) is 113 Å². The van der Waals surface area contributed by atoms with E-state index in [1.807, 2.05) is 91.0 Å². The van der Waals surface area contributed by atoms with Gasteiger partial charge in [0.2, 0.25) is 0 Å². The van der Waals surface area contributed by atoms with Crippen molar-refractivity contribution >= 4 is 12.2 Å². The Hall–Kier alpha value is -3.77. The predicted octanol–water partition coefficient (Wildman–Crippen LogP) is 5.03. The molecule has 3 aromatic rings. The fourth-order valence-corrected chi connectivity index (χ4v) is 3.52. The van der Waals surface area contributed by atoms with Gasteiger partial charge in [-0.25, -0.2) is 4.79 Å². The monoisotopic (exact) mass is 365 g/mol. The molecule has 0 radical (unpaired) electrons. The van der Waals surface area contributed by atoms with Gasteiger partial charge in [0.15, 0.2) is 5.54 Å². The molecule has 1 heterocycles. The summed E-state index contributed by atoms with van der Waals surface area (Å²) in [6.07, 6.45) is 3.20. The van der Waals surface area contributed by atoms with E-state index >= 15 is 0 Å². The van der Waals surface area contributed by atoms with Gasteiger partial charge in [0, 0.05) is 17.3 Å². The second kappa shape index (κ2) is 7.46. The summed E-state index contributed by atoms with van der Waals surface area (Å²) in [7, 11) is 1.39. The SMILES string of the molecule is COC(=O)N1C=Cc2ccccc2[C@]1(C#Cc1ccccc1)c1ccccc1. The summed E-state index contributed by atoms with van der Waals surface area (Å²) in [4.78, 5) is 14.3. The average molecular weight is 365 g/mol. The third-order valence-corrected chi connectivity index (χ3v) is 4.84. The van der Waals surface area contributed by atoms with Crippen LogP contribution in [-0.2, 0) is 10.3 Å². The van der Waals surface area contributed by atoms with Gasteiger partial charge in [-0.15, -0.1) is 0 Å². The Labute approximate surface area is 164 Å². The number of methoxy groups -OCH3 is 1. The largest absolute Gasteiger partial charge is 0.452 e. The molecular formula is C25H19NO2. The second-order valence-electron chi connectivity index (χ2n) is 6.44. The van der Waals surface area contributed by atoms with Crippen LogP contribution >= 0.6 is 0 Å². The molecule has 1 aliphatic heterocycles. The van der Waals surface area contributed by atoms with E-state index in [0.29, 0.717) is 0 Å². The summed E-state index contributed by atoms with van der Waals surface area (Å²) in [5.74, 6) is 6.68. The van der Waals surface area contributed by atoms with Crippen molar-refractivity contribution in [2.75, 3.05) is 7.11 Å². The summed E-state index contributed by atoms with van der Waals surface area (Å²) in [5.41, 5.74) is 2.76. The lowest BCUT2D eigenvalue weighted by atomic mass is 9.77. The molecule has 0 spiro atoms. The van der Waals surface area contributed by atoms with Gasteiger partial charge in [0.25, 0.3) is 0 Å². The summed E-state index contributed by atoms with van der Waals surface area (Å²) >= 11 is 0. The van der Waals surface area contributed by atoms with Gasteiger partial charge >= 0.3 is 6.09 Å². The molecule has 3 aromatic carbocycles. The summed E-state index contributed by atoms with van der Waals surface area (Å²) in [6.45, 7) is 0. The number of benzene rings is 3. The van der Waals surface area contributed by atoms with E-state index in [4.69, 9.17) is 4.74 Å². The van der Waals surface area contributed by atoms with E-state index in [1.54, 1.807) is 11.1 Å². The number of carbonyl (C=O) groups excluding carboxylic acids is 1. The number of fused-ring (bicyclic) bond motifs is 1. The molecule has 0 unspecified atom stereocenters. The molecule has 0 saturated carbocycles. The van der Waals surface area contributed by atoms with E-state index in [-0.39, 0.29) is 0 Å². The fourth-order valence-electron chi connectivity index (χ4n) is 3.52. The third kappa shape index (κ3) is 2.95. The highest BCUT2D eigenvalue weighted by Gasteiger charge is 2.44. The first-order valence-electron chi connectivity index (χ1n) is 9.04. The lowest BCUT2D eigenvalue weighted by molar-refractivity contribution is 0.119. The van der Waals surface area contributed by atoms with Gasteiger partial charge in [-0.3, -0.25) is 4.90 Å². The molecule has 3 heteroatoms. The smallest absolute Gasteiger partial charge is 0.415 e. The normalized spacial score (nSPS) is 17.2. The molecule has 4 rings (SSSR count). The zero-order valence-corrected chi connectivity index (χ0v) is 15.5. The Morgan fingerprint density at radius 1 is 0.893 bits per heavy atom. The Balaban J connectivity index is 2.03. The van der Waals surface area contributed by atoms with Gasteiger partial charge in [-0.05, 0) is 29.3 Å². The maximum absolute atomic E-state index is 12.8. The molecule has 1 atom stereocenters. The number of rotatable bonds is 1. The highest BCUT2D eigenvalue weighted by atomic mass is 16.5. The first-order chi connectivity index (χ1) is 13.8. The Bertz CT molecular complexity index is 1080. The number of hydrogen-bond donors (Lipinski definition) is 0. The number of amides is 1. The van der Waals surface area contributed by atoms with E-state index in [0.717, 1.165) is 22.3 Å². The van der Waals surface area contributed by atoms with E-state index in [9.17, 15) is 4.79 Å². The zero-order chi connectivity index (χ0) is 19.4. The third-order valence-electron chi connectivity index (χ3n) is 4.84. The highest BCUT2D eigenvalue weighted by Crippen LogP contribution is 2.41. The Morgan fingerprint density at radius 3 is 2.25 bits per heavy atom. The molecular weight excluding hydrogens is 346 g/mol. The number of hydrogen-bond acceptors (Lipinski definition) is 2. The molecule has 0 aliphatic carbocycles. The minimum Gasteiger partial charge on any atom is -0.452 e.